The Morgan fingerprint density at radius 2 is 0.755 bits per heavy atom. The molecule has 2 N–H and O–H groups in total. The van der Waals surface area contributed by atoms with Gasteiger partial charge in [0.1, 0.15) is 40.3 Å². The van der Waals surface area contributed by atoms with Gasteiger partial charge in [0.25, 0.3) is 0 Å². The maximum atomic E-state index is 12.0. The molecule has 5 aromatic rings. The van der Waals surface area contributed by atoms with Gasteiger partial charge in [-0.05, 0) is 207 Å². The van der Waals surface area contributed by atoms with Crippen molar-refractivity contribution in [2.45, 2.75) is 262 Å². The molecule has 0 spiro atoms. The molecule has 0 aromatic heterocycles. The Labute approximate surface area is 643 Å². The highest BCUT2D eigenvalue weighted by Crippen LogP contribution is 2.29. The first kappa shape index (κ1) is 100. The van der Waals surface area contributed by atoms with Crippen molar-refractivity contribution in [2.75, 3.05) is 53.9 Å². The lowest BCUT2D eigenvalue weighted by molar-refractivity contribution is -0.141. The average molecular weight is 1480 g/mol. The molecule has 0 aliphatic rings. The molecular weight excluding hydrogens is 1330 g/mol. The summed E-state index contributed by atoms with van der Waals surface area (Å²) in [6.45, 7) is 54.0. The van der Waals surface area contributed by atoms with E-state index < -0.39 is 0 Å². The minimum Gasteiger partial charge on any atom is -0.508 e. The molecule has 15 heteroatoms. The van der Waals surface area contributed by atoms with Crippen LogP contribution in [0.15, 0.2) is 139 Å². The summed E-state index contributed by atoms with van der Waals surface area (Å²) in [4.78, 5) is 56.9. The molecule has 0 aliphatic carbocycles. The summed E-state index contributed by atoms with van der Waals surface area (Å²) in [7, 11) is 3.20. The van der Waals surface area contributed by atoms with Gasteiger partial charge in [-0.25, -0.2) is 9.59 Å². The van der Waals surface area contributed by atoms with Crippen LogP contribution in [0.2, 0.25) is 0 Å². The lowest BCUT2D eigenvalue weighted by Gasteiger charge is -2.20. The van der Waals surface area contributed by atoms with Gasteiger partial charge in [0.05, 0.1) is 71.1 Å². The standard InChI is InChI=1S/C16H26O2.C14H22O2.3C13H18O2.C12H22O3.C10H20O2/c1-16(2,3)12-6-4-5-7-13-18-15-10-8-14(17)9-11-15;1-14(2,3)10-4-5-11-16-13-8-6-12(15)7-9-13;1-13(2,3)9-12(14)10-5-7-11(15-4)8-6-10;1-13(2,3)9-11(14)10-7-5-6-8-12(10)15-4;1-13(2,3)9-10-15-12(14)11-7-5-4-6-8-11;1-6-14-10(9-12(3,4)5)8-11(13)15-7-2;1-9(11)12-8-6-5-7-10(2,3)4/h8-11,17H,4-7,12-13H2,1-3H3;6-9,15H,4-5,10-11H2,1-3H3;2*5-8H,9H2,1-4H3;4-8H,9-10H2,1-3H3;8H,6-7,9H2,1-5H3;5-8H2,1-4H3/b;;;;;10-8-;. The number of allylic oxidation sites excluding steroid dienone is 1. The summed E-state index contributed by atoms with van der Waals surface area (Å²) in [5.41, 5.74) is 3.68. The van der Waals surface area contributed by atoms with Crippen LogP contribution in [0.1, 0.15) is 294 Å². The number of unbranched alkanes of at least 4 members (excludes halogenated alkanes) is 5. The van der Waals surface area contributed by atoms with Crippen molar-refractivity contribution < 1.29 is 72.1 Å². The second kappa shape index (κ2) is 53.1. The quantitative estimate of drug-likeness (QED) is 0.0110. The van der Waals surface area contributed by atoms with Gasteiger partial charge in [-0.15, -0.1) is 0 Å². The Morgan fingerprint density at radius 3 is 1.17 bits per heavy atom. The summed E-state index contributed by atoms with van der Waals surface area (Å²) < 4.78 is 41.6. The number of benzene rings is 5. The van der Waals surface area contributed by atoms with Gasteiger partial charge in [-0.3, -0.25) is 14.4 Å². The van der Waals surface area contributed by atoms with Gasteiger partial charge in [0.15, 0.2) is 11.6 Å². The number of hydrogen-bond donors (Lipinski definition) is 2. The maximum absolute atomic E-state index is 12.0. The number of esters is 3. The fourth-order valence-corrected chi connectivity index (χ4v) is 9.39. The summed E-state index contributed by atoms with van der Waals surface area (Å²) in [5, 5.41) is 18.2. The molecule has 0 saturated carbocycles. The van der Waals surface area contributed by atoms with E-state index in [1.165, 1.54) is 57.9 Å². The van der Waals surface area contributed by atoms with Crippen molar-refractivity contribution in [2.24, 2.45) is 37.9 Å². The summed E-state index contributed by atoms with van der Waals surface area (Å²) >= 11 is 0. The Kier molecular flexibility index (Phi) is 50.2. The van der Waals surface area contributed by atoms with Gasteiger partial charge in [-0.1, -0.05) is 195 Å². The molecule has 0 fully saturated rings. The van der Waals surface area contributed by atoms with Crippen molar-refractivity contribution in [1.82, 2.24) is 0 Å². The molecule has 598 valence electrons. The number of carbonyl (C=O) groups excluding carboxylic acids is 5. The van der Waals surface area contributed by atoms with Crippen LogP contribution in [-0.4, -0.2) is 93.5 Å². The maximum Gasteiger partial charge on any atom is 0.338 e. The van der Waals surface area contributed by atoms with Crippen LogP contribution in [0.3, 0.4) is 0 Å². The first-order valence-corrected chi connectivity index (χ1v) is 38.1. The Balaban J connectivity index is 0. The largest absolute Gasteiger partial charge is 0.508 e. The van der Waals surface area contributed by atoms with Crippen molar-refractivity contribution in [3.63, 3.8) is 0 Å². The summed E-state index contributed by atoms with van der Waals surface area (Å²) in [6.07, 6.45) is 17.2. The molecule has 0 radical (unpaired) electrons. The van der Waals surface area contributed by atoms with Crippen LogP contribution in [0.5, 0.6) is 34.5 Å². The fourth-order valence-electron chi connectivity index (χ4n) is 9.39. The van der Waals surface area contributed by atoms with E-state index >= 15 is 0 Å². The number of methoxy groups -OCH3 is 2. The average Bonchev–Trinajstić information content (AvgIpc) is 0.860. The number of ketones is 2. The number of phenolic OH excluding ortho intramolecular Hbond substituents is 2. The smallest absolute Gasteiger partial charge is 0.338 e. The van der Waals surface area contributed by atoms with Crippen LogP contribution in [0.4, 0.5) is 0 Å². The van der Waals surface area contributed by atoms with Crippen molar-refractivity contribution in [1.29, 1.82) is 0 Å². The van der Waals surface area contributed by atoms with E-state index in [-0.39, 0.29) is 62.6 Å². The molecule has 5 rings (SSSR count). The van der Waals surface area contributed by atoms with Crippen LogP contribution < -0.4 is 18.9 Å². The highest BCUT2D eigenvalue weighted by Gasteiger charge is 2.21. The first-order valence-electron chi connectivity index (χ1n) is 38.1. The van der Waals surface area contributed by atoms with Crippen LogP contribution in [0, 0.1) is 37.9 Å². The predicted octanol–water partition coefficient (Wildman–Crippen LogP) is 24.3. The molecule has 0 aliphatic heterocycles. The third-order valence-electron chi connectivity index (χ3n) is 14.9. The number of aromatic hydroxyl groups is 2. The molecular formula is C91H144O15. The van der Waals surface area contributed by atoms with E-state index in [2.05, 4.69) is 145 Å². The van der Waals surface area contributed by atoms with Crippen LogP contribution in [0.25, 0.3) is 0 Å². The zero-order valence-corrected chi connectivity index (χ0v) is 70.8. The van der Waals surface area contributed by atoms with E-state index in [4.69, 9.17) is 48.1 Å². The molecule has 0 saturated heterocycles. The van der Waals surface area contributed by atoms with E-state index in [1.807, 2.05) is 73.7 Å². The normalized spacial score (nSPS) is 11.5. The number of carbonyl (C=O) groups is 5. The Morgan fingerprint density at radius 1 is 0.358 bits per heavy atom. The van der Waals surface area contributed by atoms with E-state index in [1.54, 1.807) is 81.8 Å². The minimum absolute atomic E-state index is 0.0118. The number of hydrogen-bond acceptors (Lipinski definition) is 15. The van der Waals surface area contributed by atoms with Gasteiger partial charge < -0.3 is 48.1 Å². The van der Waals surface area contributed by atoms with Gasteiger partial charge in [0.2, 0.25) is 0 Å². The zero-order chi connectivity index (χ0) is 81.2. The number of Topliss-reactive ketones (excluding diaryl/α,β-unsaturated/α-hetero) is 2. The van der Waals surface area contributed by atoms with Gasteiger partial charge >= 0.3 is 17.9 Å². The number of rotatable bonds is 30. The SMILES string of the molecule is CC(=O)OCCCCC(C)(C)C.CC(C)(C)CCCCCCOc1ccc(O)cc1.CC(C)(C)CCCCOc1ccc(O)cc1.CC(C)(C)CCOC(=O)c1ccccc1.CCOC(=O)/C=C(/CC(C)(C)C)OCC.COc1ccc(C(=O)CC(C)(C)C)cc1.COc1ccccc1C(=O)CC(C)(C)C. The summed E-state index contributed by atoms with van der Waals surface area (Å²) in [5.74, 6) is 3.94. The van der Waals surface area contributed by atoms with E-state index in [0.717, 1.165) is 74.6 Å². The zero-order valence-electron chi connectivity index (χ0n) is 70.8. The van der Waals surface area contributed by atoms with Gasteiger partial charge in [0, 0.05) is 31.7 Å². The molecule has 0 heterocycles. The molecule has 0 unspecified atom stereocenters. The van der Waals surface area contributed by atoms with Crippen LogP contribution >= 0.6 is 0 Å². The Bertz CT molecular complexity index is 3150. The number of ether oxygens (including phenoxy) is 8. The summed E-state index contributed by atoms with van der Waals surface area (Å²) in [6, 6.07) is 37.5. The molecule has 15 nitrogen and oxygen atoms in total. The molecule has 0 atom stereocenters. The van der Waals surface area contributed by atoms with Gasteiger partial charge in [-0.2, -0.15) is 0 Å². The van der Waals surface area contributed by atoms with E-state index in [9.17, 15) is 24.0 Å². The third-order valence-corrected chi connectivity index (χ3v) is 14.9. The van der Waals surface area contributed by atoms with Crippen molar-refractivity contribution in [3.05, 3.63) is 156 Å². The van der Waals surface area contributed by atoms with Crippen LogP contribution in [-0.2, 0) is 28.5 Å². The first-order chi connectivity index (χ1) is 49.1. The second-order valence-corrected chi connectivity index (χ2v) is 34.9. The lowest BCUT2D eigenvalue weighted by Crippen LogP contribution is -2.13. The predicted molar refractivity (Wildman–Crippen MR) is 437 cm³/mol. The second-order valence-electron chi connectivity index (χ2n) is 34.9. The minimum atomic E-state index is -0.329. The monoisotopic (exact) mass is 1480 g/mol. The molecule has 5 aromatic carbocycles. The Hall–Kier alpha value is -7.81. The highest BCUT2D eigenvalue weighted by molar-refractivity contribution is 5.99. The number of phenols is 2. The highest BCUT2D eigenvalue weighted by atomic mass is 16.5. The molecule has 0 amide bonds. The van der Waals surface area contributed by atoms with Crippen molar-refractivity contribution in [3.8, 4) is 34.5 Å². The topological polar surface area (TPSA) is 200 Å². The fraction of sp³-hybridized carbons (Fsp3) is 0.593. The lowest BCUT2D eigenvalue weighted by atomic mass is 9.87. The van der Waals surface area contributed by atoms with Crippen molar-refractivity contribution >= 4 is 29.5 Å². The third kappa shape index (κ3) is 62.4. The van der Waals surface area contributed by atoms with E-state index in [0.29, 0.717) is 78.1 Å². The molecule has 0 bridgehead atoms. The molecule has 106 heavy (non-hydrogen) atoms. The number of para-hydroxylation sites is 1.